The molecule has 46 heavy (non-hydrogen) atoms. The van der Waals surface area contributed by atoms with Gasteiger partial charge in [-0.25, -0.2) is 0 Å². The van der Waals surface area contributed by atoms with E-state index in [4.69, 9.17) is 0 Å². The minimum absolute atomic E-state index is 0.0343. The van der Waals surface area contributed by atoms with Crippen molar-refractivity contribution in [2.75, 3.05) is 36.9 Å². The molecule has 3 N–H and O–H groups in total. The van der Waals surface area contributed by atoms with Crippen LogP contribution >= 0.6 is 0 Å². The van der Waals surface area contributed by atoms with Crippen molar-refractivity contribution in [2.45, 2.75) is 92.2 Å². The Morgan fingerprint density at radius 1 is 1.11 bits per heavy atom. The van der Waals surface area contributed by atoms with E-state index in [0.29, 0.717) is 47.6 Å². The van der Waals surface area contributed by atoms with Gasteiger partial charge in [0, 0.05) is 37.6 Å². The van der Waals surface area contributed by atoms with Gasteiger partial charge in [0.25, 0.3) is 5.91 Å². The highest BCUT2D eigenvalue weighted by Crippen LogP contribution is 2.48. The standard InChI is InChI=1S/C36H49N7O3/c1-6-31-10-9-28(29-21-38-42(23-29)17-18-44)19-25(3)43(31)33(7-2)26(4)35(46)40-32-20-30(22-37-27(32)5)39-34(45)24-41-15-13-36(14-16-41)11-8-12-36/h9-10,19-23,31,44H,6-8,11-18,24H2,1-5H3,(H-,39,40,45,46)/p+1/b33-26+. The van der Waals surface area contributed by atoms with Crippen LogP contribution in [0.5, 0.6) is 0 Å². The van der Waals surface area contributed by atoms with E-state index >= 15 is 0 Å². The molecule has 246 valence electrons. The van der Waals surface area contributed by atoms with Crippen molar-refractivity contribution >= 4 is 34.5 Å². The Morgan fingerprint density at radius 3 is 2.52 bits per heavy atom. The molecule has 1 atom stereocenters. The lowest BCUT2D eigenvalue weighted by Gasteiger charge is -2.47. The number of aromatic nitrogens is 3. The van der Waals surface area contributed by atoms with Crippen LogP contribution in [0.1, 0.15) is 83.9 Å². The van der Waals surface area contributed by atoms with Gasteiger partial charge in [-0.2, -0.15) is 9.67 Å². The summed E-state index contributed by atoms with van der Waals surface area (Å²) in [6.07, 6.45) is 19.8. The van der Waals surface area contributed by atoms with E-state index in [1.807, 2.05) is 26.2 Å². The number of amides is 2. The number of carbonyl (C=O) groups excluding carboxylic acids is 2. The lowest BCUT2D eigenvalue weighted by molar-refractivity contribution is -0.509. The zero-order chi connectivity index (χ0) is 32.8. The Kier molecular flexibility index (Phi) is 10.7. The average molecular weight is 629 g/mol. The summed E-state index contributed by atoms with van der Waals surface area (Å²) in [6.45, 7) is 12.8. The SMILES string of the molecule is CC/C(=C(/C)C(=O)Nc1cc(NC(=O)CN2CCC3(CCC3)CC2)cnc1C)[N+]1=C(C)C=C(c2cnn(CCO)c2)C=CC1CC. The fourth-order valence-electron chi connectivity index (χ4n) is 7.01. The summed E-state index contributed by atoms with van der Waals surface area (Å²) >= 11 is 0. The maximum Gasteiger partial charge on any atom is 0.257 e. The van der Waals surface area contributed by atoms with Gasteiger partial charge in [0.15, 0.2) is 17.5 Å². The Balaban J connectivity index is 1.31. The zero-order valence-corrected chi connectivity index (χ0v) is 28.1. The first-order chi connectivity index (χ1) is 22.1. The topological polar surface area (TPSA) is 115 Å². The third-order valence-corrected chi connectivity index (χ3v) is 10.0. The number of hydrogen-bond acceptors (Lipinski definition) is 6. The fourth-order valence-corrected chi connectivity index (χ4v) is 7.01. The summed E-state index contributed by atoms with van der Waals surface area (Å²) in [6, 6.07) is 1.86. The van der Waals surface area contributed by atoms with E-state index in [1.54, 1.807) is 16.9 Å². The largest absolute Gasteiger partial charge is 0.394 e. The van der Waals surface area contributed by atoms with Crippen molar-refractivity contribution in [1.29, 1.82) is 0 Å². The lowest BCUT2D eigenvalue weighted by atomic mass is 9.63. The number of carbonyl (C=O) groups is 2. The molecule has 2 aliphatic heterocycles. The van der Waals surface area contributed by atoms with Gasteiger partial charge >= 0.3 is 0 Å². The number of anilines is 2. The van der Waals surface area contributed by atoms with Crippen LogP contribution in [0.4, 0.5) is 11.4 Å². The number of likely N-dealkylation sites (tertiary alicyclic amines) is 1. The minimum atomic E-state index is -0.200. The van der Waals surface area contributed by atoms with Gasteiger partial charge in [-0.05, 0) is 75.8 Å². The van der Waals surface area contributed by atoms with Gasteiger partial charge in [-0.3, -0.25) is 24.2 Å². The average Bonchev–Trinajstić information content (AvgIpc) is 3.42. The van der Waals surface area contributed by atoms with Crippen molar-refractivity contribution in [3.63, 3.8) is 0 Å². The summed E-state index contributed by atoms with van der Waals surface area (Å²) in [4.78, 5) is 33.4. The van der Waals surface area contributed by atoms with Crippen molar-refractivity contribution in [2.24, 2.45) is 5.41 Å². The highest BCUT2D eigenvalue weighted by Gasteiger charge is 2.39. The molecule has 0 radical (unpaired) electrons. The van der Waals surface area contributed by atoms with Gasteiger partial charge in [-0.15, -0.1) is 0 Å². The second-order valence-electron chi connectivity index (χ2n) is 13.1. The number of hydrogen-bond donors (Lipinski definition) is 3. The maximum absolute atomic E-state index is 13.7. The van der Waals surface area contributed by atoms with Gasteiger partial charge in [-0.1, -0.05) is 26.3 Å². The molecule has 2 aromatic heterocycles. The number of pyridine rings is 1. The van der Waals surface area contributed by atoms with Crippen LogP contribution in [0.3, 0.4) is 0 Å². The molecule has 10 heteroatoms. The number of aliphatic hydroxyl groups excluding tert-OH is 1. The molecule has 1 aliphatic carbocycles. The molecular weight excluding hydrogens is 578 g/mol. The fraction of sp³-hybridized carbons (Fsp3) is 0.528. The second kappa shape index (κ2) is 14.7. The van der Waals surface area contributed by atoms with Gasteiger partial charge < -0.3 is 15.7 Å². The van der Waals surface area contributed by atoms with Crippen molar-refractivity contribution in [1.82, 2.24) is 19.7 Å². The smallest absolute Gasteiger partial charge is 0.257 e. The first-order valence-electron chi connectivity index (χ1n) is 16.8. The molecule has 10 nitrogen and oxygen atoms in total. The van der Waals surface area contributed by atoms with E-state index < -0.39 is 0 Å². The predicted octanol–water partition coefficient (Wildman–Crippen LogP) is 5.31. The number of nitrogens with zero attached hydrogens (tertiary/aromatic N) is 5. The Bertz CT molecular complexity index is 1570. The molecule has 1 saturated carbocycles. The molecule has 1 spiro atoms. The van der Waals surface area contributed by atoms with Crippen LogP contribution in [-0.2, 0) is 16.1 Å². The monoisotopic (exact) mass is 628 g/mol. The molecule has 5 rings (SSSR count). The summed E-state index contributed by atoms with van der Waals surface area (Å²) in [5, 5.41) is 19.7. The molecule has 2 aromatic rings. The third kappa shape index (κ3) is 7.56. The quantitative estimate of drug-likeness (QED) is 0.230. The van der Waals surface area contributed by atoms with Gasteiger partial charge in [0.2, 0.25) is 5.91 Å². The summed E-state index contributed by atoms with van der Waals surface area (Å²) in [5.41, 5.74) is 7.00. The molecule has 1 unspecified atom stereocenters. The van der Waals surface area contributed by atoms with E-state index in [1.165, 1.54) is 32.1 Å². The van der Waals surface area contributed by atoms with E-state index in [2.05, 4.69) is 69.2 Å². The summed E-state index contributed by atoms with van der Waals surface area (Å²) in [5.74, 6) is -0.260. The number of piperidine rings is 1. The number of nitrogens with one attached hydrogen (secondary N) is 2. The van der Waals surface area contributed by atoms with Crippen molar-refractivity contribution < 1.29 is 19.3 Å². The van der Waals surface area contributed by atoms with Gasteiger partial charge in [0.1, 0.15) is 0 Å². The zero-order valence-electron chi connectivity index (χ0n) is 28.1. The maximum atomic E-state index is 13.7. The number of aliphatic hydroxyl groups is 1. The van der Waals surface area contributed by atoms with Gasteiger partial charge in [0.05, 0.1) is 54.7 Å². The molecule has 4 heterocycles. The van der Waals surface area contributed by atoms with Crippen LogP contribution in [-0.4, -0.2) is 79.2 Å². The number of aryl methyl sites for hydroxylation is 1. The van der Waals surface area contributed by atoms with E-state index in [-0.39, 0.29) is 24.5 Å². The van der Waals surface area contributed by atoms with Crippen molar-refractivity contribution in [3.05, 3.63) is 65.4 Å². The van der Waals surface area contributed by atoms with Crippen LogP contribution in [0.15, 0.2) is 54.2 Å². The molecule has 2 fully saturated rings. The van der Waals surface area contributed by atoms with Crippen LogP contribution in [0.2, 0.25) is 0 Å². The van der Waals surface area contributed by atoms with E-state index in [9.17, 15) is 14.7 Å². The number of allylic oxidation sites excluding steroid dienone is 4. The summed E-state index contributed by atoms with van der Waals surface area (Å²) < 4.78 is 3.99. The highest BCUT2D eigenvalue weighted by atomic mass is 16.3. The lowest BCUT2D eigenvalue weighted by Crippen LogP contribution is -2.45. The Labute approximate surface area is 273 Å². The molecular formula is C36H50N7O3+. The Morgan fingerprint density at radius 2 is 1.87 bits per heavy atom. The molecule has 0 aromatic carbocycles. The normalized spacial score (nSPS) is 20.1. The number of rotatable bonds is 11. The molecule has 2 amide bonds. The van der Waals surface area contributed by atoms with E-state index in [0.717, 1.165) is 42.1 Å². The molecule has 3 aliphatic rings. The van der Waals surface area contributed by atoms with Crippen LogP contribution in [0, 0.1) is 12.3 Å². The predicted molar refractivity (Wildman–Crippen MR) is 183 cm³/mol. The molecule has 0 bridgehead atoms. The highest BCUT2D eigenvalue weighted by molar-refractivity contribution is 6.05. The first kappa shape index (κ1) is 33.5. The second-order valence-corrected chi connectivity index (χ2v) is 13.1. The van der Waals surface area contributed by atoms with Crippen LogP contribution in [0.25, 0.3) is 5.57 Å². The minimum Gasteiger partial charge on any atom is -0.394 e. The molecule has 1 saturated heterocycles. The summed E-state index contributed by atoms with van der Waals surface area (Å²) in [7, 11) is 0. The van der Waals surface area contributed by atoms with Crippen LogP contribution < -0.4 is 10.6 Å². The Hall–Kier alpha value is -3.89. The third-order valence-electron chi connectivity index (χ3n) is 10.0. The van der Waals surface area contributed by atoms with Crippen molar-refractivity contribution in [3.8, 4) is 0 Å². The first-order valence-corrected chi connectivity index (χ1v) is 16.8.